The van der Waals surface area contributed by atoms with Crippen LogP contribution in [0.2, 0.25) is 0 Å². The summed E-state index contributed by atoms with van der Waals surface area (Å²) in [5.74, 6) is -3.55. The van der Waals surface area contributed by atoms with E-state index in [-0.39, 0.29) is 66.1 Å². The number of nitrogens with one attached hydrogen (secondary N) is 1. The Morgan fingerprint density at radius 1 is 1.16 bits per heavy atom. The molecule has 2 bridgehead atoms. The molecule has 0 spiro atoms. The van der Waals surface area contributed by atoms with E-state index >= 15 is 0 Å². The van der Waals surface area contributed by atoms with Gasteiger partial charge in [-0.3, -0.25) is 14.5 Å². The molecule has 3 aliphatic carbocycles. The number of amides is 2. The molecule has 1 aromatic carbocycles. The van der Waals surface area contributed by atoms with Crippen molar-refractivity contribution in [1.29, 1.82) is 5.26 Å². The van der Waals surface area contributed by atoms with Crippen LogP contribution >= 0.6 is 0 Å². The molecule has 2 unspecified atom stereocenters. The van der Waals surface area contributed by atoms with Gasteiger partial charge in [-0.1, -0.05) is 51.1 Å². The summed E-state index contributed by atoms with van der Waals surface area (Å²) < 4.78 is 41.3. The molecule has 0 radical (unpaired) electrons. The SMILES string of the molecule is CC(CC(C)(C)N1CCC(F)(F)C1)C(C#N)C(=O)N1CCC[C@H](CC(=O)N[C@@H](Cc2ccccc2)B2O[C@@H]3C[C@@H]4C[C@@H](C4(C)C)[C@]3(C)O2)C1. The van der Waals surface area contributed by atoms with Gasteiger partial charge in [0.05, 0.1) is 30.3 Å². The average molecular weight is 681 g/mol. The van der Waals surface area contributed by atoms with Crippen molar-refractivity contribution in [3.05, 3.63) is 35.9 Å². The standard InChI is InChI=1S/C38H55BF2N4O4/c1-25(21-35(2,3)45-16-14-38(40,41)24-45)29(22-42)34(47)44-15-10-13-27(23-44)18-33(46)43-32(17-26-11-8-7-9-12-26)39-48-31-20-28-19-30(36(28,4)5)37(31,6)49-39/h7-9,11-12,25,27-32H,10,13-21,23-24H2,1-6H3,(H,43,46)/t25?,27-,28+,29?,30+,31-,32+,37+/m1/s1. The number of carbonyl (C=O) groups is 2. The largest absolute Gasteiger partial charge is 0.482 e. The lowest BCUT2D eigenvalue weighted by Gasteiger charge is -2.64. The Morgan fingerprint density at radius 3 is 2.55 bits per heavy atom. The quantitative estimate of drug-likeness (QED) is 0.293. The molecule has 1 N–H and O–H groups in total. The van der Waals surface area contributed by atoms with Gasteiger partial charge in [-0.25, -0.2) is 8.78 Å². The third-order valence-electron chi connectivity index (χ3n) is 13.1. The molecule has 1 aromatic rings. The third kappa shape index (κ3) is 7.30. The van der Waals surface area contributed by atoms with E-state index in [1.165, 1.54) is 0 Å². The molecule has 8 atom stereocenters. The Morgan fingerprint density at radius 2 is 1.90 bits per heavy atom. The molecule has 11 heteroatoms. The number of hydrogen-bond acceptors (Lipinski definition) is 6. The number of benzene rings is 1. The molecule has 49 heavy (non-hydrogen) atoms. The number of carbonyl (C=O) groups excluding carboxylic acids is 2. The van der Waals surface area contributed by atoms with E-state index in [4.69, 9.17) is 9.31 Å². The molecular formula is C38H55BF2N4O4. The van der Waals surface area contributed by atoms with Gasteiger partial charge in [-0.15, -0.1) is 0 Å². The Balaban J connectivity index is 1.07. The first-order valence-corrected chi connectivity index (χ1v) is 18.5. The maximum atomic E-state index is 14.0. The van der Waals surface area contributed by atoms with Crippen LogP contribution in [0.15, 0.2) is 30.3 Å². The zero-order chi connectivity index (χ0) is 35.4. The average Bonchev–Trinajstić information content (AvgIpc) is 3.60. The molecular weight excluding hydrogens is 625 g/mol. The number of alkyl halides is 2. The van der Waals surface area contributed by atoms with Gasteiger partial charge in [0.15, 0.2) is 0 Å². The number of likely N-dealkylation sites (tertiary alicyclic amines) is 2. The van der Waals surface area contributed by atoms with Crippen molar-refractivity contribution >= 4 is 18.9 Å². The topological polar surface area (TPSA) is 94.9 Å². The van der Waals surface area contributed by atoms with E-state index in [2.05, 4.69) is 44.3 Å². The second-order valence-electron chi connectivity index (χ2n) is 17.3. The van der Waals surface area contributed by atoms with E-state index in [0.29, 0.717) is 44.3 Å². The van der Waals surface area contributed by atoms with Crippen LogP contribution in [0.3, 0.4) is 0 Å². The van der Waals surface area contributed by atoms with Gasteiger partial charge in [-0.2, -0.15) is 5.26 Å². The monoisotopic (exact) mass is 680 g/mol. The highest BCUT2D eigenvalue weighted by Crippen LogP contribution is 2.65. The number of nitrogens with zero attached hydrogens (tertiary/aromatic N) is 3. The number of halogens is 2. The van der Waals surface area contributed by atoms with Crippen LogP contribution in [0, 0.1) is 46.3 Å². The van der Waals surface area contributed by atoms with Crippen LogP contribution < -0.4 is 5.32 Å². The zero-order valence-electron chi connectivity index (χ0n) is 30.2. The molecule has 7 rings (SSSR count). The summed E-state index contributed by atoms with van der Waals surface area (Å²) in [5, 5.41) is 13.4. The lowest BCUT2D eigenvalue weighted by molar-refractivity contribution is -0.199. The van der Waals surface area contributed by atoms with Crippen molar-refractivity contribution in [2.45, 2.75) is 122 Å². The number of rotatable bonds is 11. The zero-order valence-corrected chi connectivity index (χ0v) is 30.2. The third-order valence-corrected chi connectivity index (χ3v) is 13.1. The first kappa shape index (κ1) is 36.3. The van der Waals surface area contributed by atoms with Crippen molar-refractivity contribution in [3.63, 3.8) is 0 Å². The first-order chi connectivity index (χ1) is 23.0. The van der Waals surface area contributed by atoms with Crippen molar-refractivity contribution in [2.75, 3.05) is 26.2 Å². The molecule has 2 amide bonds. The molecule has 6 aliphatic rings. The maximum absolute atomic E-state index is 14.0. The fraction of sp³-hybridized carbons (Fsp3) is 0.763. The van der Waals surface area contributed by atoms with Gasteiger partial charge in [0.1, 0.15) is 5.92 Å². The van der Waals surface area contributed by atoms with Crippen LogP contribution in [-0.2, 0) is 25.3 Å². The fourth-order valence-corrected chi connectivity index (χ4v) is 10.0. The van der Waals surface area contributed by atoms with Crippen LogP contribution in [-0.4, -0.2) is 84.0 Å². The summed E-state index contributed by atoms with van der Waals surface area (Å²) in [4.78, 5) is 31.0. The van der Waals surface area contributed by atoms with Crippen molar-refractivity contribution in [1.82, 2.24) is 15.1 Å². The van der Waals surface area contributed by atoms with E-state index in [1.807, 2.05) is 39.0 Å². The lowest BCUT2D eigenvalue weighted by Crippen LogP contribution is -2.65. The number of hydrogen-bond donors (Lipinski definition) is 1. The second kappa shape index (κ2) is 13.5. The molecule has 8 nitrogen and oxygen atoms in total. The van der Waals surface area contributed by atoms with Gasteiger partial charge in [0, 0.05) is 38.0 Å². The van der Waals surface area contributed by atoms with Crippen LogP contribution in [0.5, 0.6) is 0 Å². The van der Waals surface area contributed by atoms with Gasteiger partial charge >= 0.3 is 7.12 Å². The van der Waals surface area contributed by atoms with E-state index in [9.17, 15) is 23.6 Å². The Bertz CT molecular complexity index is 1420. The summed E-state index contributed by atoms with van der Waals surface area (Å²) in [6.07, 6.45) is 4.86. The minimum Gasteiger partial charge on any atom is -0.404 e. The van der Waals surface area contributed by atoms with Crippen molar-refractivity contribution in [3.8, 4) is 6.07 Å². The second-order valence-corrected chi connectivity index (χ2v) is 17.3. The minimum absolute atomic E-state index is 0.0136. The van der Waals surface area contributed by atoms with Crippen molar-refractivity contribution in [2.24, 2.45) is 35.0 Å². The van der Waals surface area contributed by atoms with Gasteiger partial charge < -0.3 is 19.5 Å². The first-order valence-electron chi connectivity index (χ1n) is 18.5. The van der Waals surface area contributed by atoms with Gasteiger partial charge in [-0.05, 0) is 93.9 Å². The Kier molecular flexibility index (Phi) is 10.0. The van der Waals surface area contributed by atoms with Crippen LogP contribution in [0.25, 0.3) is 0 Å². The molecule has 6 fully saturated rings. The molecule has 3 heterocycles. The highest BCUT2D eigenvalue weighted by molar-refractivity contribution is 6.48. The van der Waals surface area contributed by atoms with E-state index in [1.54, 1.807) is 9.80 Å². The molecule has 268 valence electrons. The van der Waals surface area contributed by atoms with E-state index in [0.717, 1.165) is 31.2 Å². The minimum atomic E-state index is -2.70. The highest BCUT2D eigenvalue weighted by atomic mass is 19.3. The summed E-state index contributed by atoms with van der Waals surface area (Å²) in [7, 11) is -0.548. The number of piperidine rings is 1. The lowest BCUT2D eigenvalue weighted by atomic mass is 9.43. The number of nitriles is 1. The van der Waals surface area contributed by atoms with Crippen molar-refractivity contribution < 1.29 is 27.7 Å². The summed E-state index contributed by atoms with van der Waals surface area (Å²) in [6.45, 7) is 13.5. The van der Waals surface area contributed by atoms with Gasteiger partial charge in [0.2, 0.25) is 11.8 Å². The summed E-state index contributed by atoms with van der Waals surface area (Å²) in [5.41, 5.74) is 0.371. The van der Waals surface area contributed by atoms with Gasteiger partial charge in [0.25, 0.3) is 5.92 Å². The predicted molar refractivity (Wildman–Crippen MR) is 184 cm³/mol. The fourth-order valence-electron chi connectivity index (χ4n) is 10.0. The summed E-state index contributed by atoms with van der Waals surface area (Å²) >= 11 is 0. The normalized spacial score (nSPS) is 32.4. The Labute approximate surface area is 291 Å². The molecule has 3 saturated heterocycles. The summed E-state index contributed by atoms with van der Waals surface area (Å²) in [6, 6.07) is 12.3. The maximum Gasteiger partial charge on any atom is 0.482 e. The van der Waals surface area contributed by atoms with Crippen LogP contribution in [0.1, 0.15) is 92.1 Å². The smallest absolute Gasteiger partial charge is 0.404 e. The van der Waals surface area contributed by atoms with Crippen LogP contribution in [0.4, 0.5) is 8.78 Å². The highest BCUT2D eigenvalue weighted by Gasteiger charge is 2.68. The predicted octanol–water partition coefficient (Wildman–Crippen LogP) is 5.90. The molecule has 0 aromatic heterocycles. The Hall–Kier alpha value is -2.55. The molecule has 3 aliphatic heterocycles. The molecule has 3 saturated carbocycles. The van der Waals surface area contributed by atoms with E-state index < -0.39 is 24.5 Å².